The minimum atomic E-state index is 0.488. The first kappa shape index (κ1) is 13.0. The number of aryl methyl sites for hydroxylation is 2. The fraction of sp³-hybridized carbons (Fsp3) is 0.438. The van der Waals surface area contributed by atoms with Gasteiger partial charge < -0.3 is 0 Å². The second-order valence-electron chi connectivity index (χ2n) is 5.42. The highest BCUT2D eigenvalue weighted by Gasteiger charge is 2.27. The van der Waals surface area contributed by atoms with Gasteiger partial charge in [0.2, 0.25) is 0 Å². The van der Waals surface area contributed by atoms with E-state index < -0.39 is 0 Å². The van der Waals surface area contributed by atoms with Crippen LogP contribution in [0.15, 0.2) is 30.3 Å². The fourth-order valence-electron chi connectivity index (χ4n) is 2.76. The summed E-state index contributed by atoms with van der Waals surface area (Å²) in [5.41, 5.74) is 2.93. The standard InChI is InChI=1S/C16H19N3O/c20-12-15-16(14-9-4-10-14)19(18-17-15)11-5-8-13-6-2-1-3-7-13/h1-3,6-7,12,14H,4-5,8-11H2. The monoisotopic (exact) mass is 269 g/mol. The lowest BCUT2D eigenvalue weighted by molar-refractivity contribution is 0.111. The van der Waals surface area contributed by atoms with Crippen molar-refractivity contribution in [1.82, 2.24) is 15.0 Å². The highest BCUT2D eigenvalue weighted by molar-refractivity contribution is 5.73. The number of nitrogens with zero attached hydrogens (tertiary/aromatic N) is 3. The maximum Gasteiger partial charge on any atom is 0.172 e. The van der Waals surface area contributed by atoms with Crippen molar-refractivity contribution in [1.29, 1.82) is 0 Å². The van der Waals surface area contributed by atoms with Crippen LogP contribution in [-0.4, -0.2) is 21.3 Å². The van der Waals surface area contributed by atoms with Crippen molar-refractivity contribution < 1.29 is 4.79 Å². The molecule has 20 heavy (non-hydrogen) atoms. The van der Waals surface area contributed by atoms with Gasteiger partial charge in [-0.2, -0.15) is 0 Å². The Morgan fingerprint density at radius 1 is 1.25 bits per heavy atom. The SMILES string of the molecule is O=Cc1nnn(CCCc2ccccc2)c1C1CCC1. The summed E-state index contributed by atoms with van der Waals surface area (Å²) in [4.78, 5) is 11.1. The third kappa shape index (κ3) is 2.64. The van der Waals surface area contributed by atoms with Gasteiger partial charge in [-0.1, -0.05) is 42.0 Å². The molecule has 0 bridgehead atoms. The molecule has 0 spiro atoms. The molecular weight excluding hydrogens is 250 g/mol. The van der Waals surface area contributed by atoms with Crippen molar-refractivity contribution in [2.24, 2.45) is 0 Å². The lowest BCUT2D eigenvalue weighted by Gasteiger charge is -2.26. The molecule has 1 saturated carbocycles. The van der Waals surface area contributed by atoms with E-state index in [4.69, 9.17) is 0 Å². The van der Waals surface area contributed by atoms with Crippen molar-refractivity contribution in [3.8, 4) is 0 Å². The Hall–Kier alpha value is -1.97. The number of carbonyl (C=O) groups is 1. The minimum Gasteiger partial charge on any atom is -0.296 e. The van der Waals surface area contributed by atoms with Crippen LogP contribution in [0.4, 0.5) is 0 Å². The third-order valence-corrected chi connectivity index (χ3v) is 4.08. The Kier molecular flexibility index (Phi) is 3.90. The van der Waals surface area contributed by atoms with Crippen LogP contribution < -0.4 is 0 Å². The van der Waals surface area contributed by atoms with Crippen molar-refractivity contribution in [3.63, 3.8) is 0 Å². The molecule has 2 aromatic rings. The molecule has 0 unspecified atom stereocenters. The van der Waals surface area contributed by atoms with E-state index in [9.17, 15) is 4.79 Å². The molecule has 104 valence electrons. The summed E-state index contributed by atoms with van der Waals surface area (Å²) in [5.74, 6) is 0.488. The van der Waals surface area contributed by atoms with Crippen LogP contribution in [-0.2, 0) is 13.0 Å². The molecule has 4 heteroatoms. The first-order valence-corrected chi connectivity index (χ1v) is 7.31. The van der Waals surface area contributed by atoms with Crippen LogP contribution in [0, 0.1) is 0 Å². The van der Waals surface area contributed by atoms with Gasteiger partial charge in [0.05, 0.1) is 5.69 Å². The molecule has 1 aromatic heterocycles. The number of hydrogen-bond acceptors (Lipinski definition) is 3. The normalized spacial score (nSPS) is 15.0. The molecule has 0 N–H and O–H groups in total. The van der Waals surface area contributed by atoms with Crippen molar-refractivity contribution in [3.05, 3.63) is 47.3 Å². The summed E-state index contributed by atoms with van der Waals surface area (Å²) in [6, 6.07) is 10.5. The highest BCUT2D eigenvalue weighted by atomic mass is 16.1. The van der Waals surface area contributed by atoms with Crippen LogP contribution in [0.2, 0.25) is 0 Å². The lowest BCUT2D eigenvalue weighted by atomic mass is 9.82. The van der Waals surface area contributed by atoms with Gasteiger partial charge >= 0.3 is 0 Å². The van der Waals surface area contributed by atoms with Crippen molar-refractivity contribution in [2.75, 3.05) is 0 Å². The number of aromatic nitrogens is 3. The molecule has 1 aliphatic rings. The average molecular weight is 269 g/mol. The number of carbonyl (C=O) groups excluding carboxylic acids is 1. The van der Waals surface area contributed by atoms with E-state index in [2.05, 4.69) is 34.6 Å². The van der Waals surface area contributed by atoms with Crippen LogP contribution in [0.5, 0.6) is 0 Å². The largest absolute Gasteiger partial charge is 0.296 e. The molecule has 0 saturated heterocycles. The van der Waals surface area contributed by atoms with Gasteiger partial charge in [0.1, 0.15) is 5.69 Å². The summed E-state index contributed by atoms with van der Waals surface area (Å²) in [6.07, 6.45) is 6.46. The zero-order chi connectivity index (χ0) is 13.8. The Balaban J connectivity index is 1.65. The third-order valence-electron chi connectivity index (χ3n) is 4.08. The molecule has 3 rings (SSSR count). The van der Waals surface area contributed by atoms with Gasteiger partial charge in [-0.3, -0.25) is 4.79 Å². The quantitative estimate of drug-likeness (QED) is 0.757. The van der Waals surface area contributed by atoms with Gasteiger partial charge in [-0.25, -0.2) is 4.68 Å². The van der Waals surface area contributed by atoms with E-state index in [1.807, 2.05) is 10.7 Å². The molecule has 4 nitrogen and oxygen atoms in total. The first-order chi connectivity index (χ1) is 9.88. The molecular formula is C16H19N3O. The molecule has 0 radical (unpaired) electrons. The van der Waals surface area contributed by atoms with E-state index >= 15 is 0 Å². The molecule has 0 aliphatic heterocycles. The smallest absolute Gasteiger partial charge is 0.172 e. The first-order valence-electron chi connectivity index (χ1n) is 7.31. The predicted molar refractivity (Wildman–Crippen MR) is 76.8 cm³/mol. The maximum absolute atomic E-state index is 11.1. The molecule has 1 heterocycles. The fourth-order valence-corrected chi connectivity index (χ4v) is 2.76. The Morgan fingerprint density at radius 3 is 2.70 bits per heavy atom. The molecule has 1 fully saturated rings. The van der Waals surface area contributed by atoms with Crippen LogP contribution in [0.1, 0.15) is 53.3 Å². The molecule has 0 amide bonds. The second-order valence-corrected chi connectivity index (χ2v) is 5.42. The average Bonchev–Trinajstić information content (AvgIpc) is 2.81. The Bertz CT molecular complexity index is 573. The van der Waals surface area contributed by atoms with E-state index in [0.29, 0.717) is 11.6 Å². The number of rotatable bonds is 6. The molecule has 0 atom stereocenters. The van der Waals surface area contributed by atoms with E-state index in [-0.39, 0.29) is 0 Å². The number of aldehydes is 1. The topological polar surface area (TPSA) is 47.8 Å². The van der Waals surface area contributed by atoms with E-state index in [1.54, 1.807) is 0 Å². The molecule has 1 aromatic carbocycles. The summed E-state index contributed by atoms with van der Waals surface area (Å²) < 4.78 is 1.94. The zero-order valence-corrected chi connectivity index (χ0v) is 11.5. The van der Waals surface area contributed by atoms with Gasteiger partial charge in [0.15, 0.2) is 6.29 Å². The van der Waals surface area contributed by atoms with Gasteiger partial charge in [0.25, 0.3) is 0 Å². The zero-order valence-electron chi connectivity index (χ0n) is 11.5. The number of hydrogen-bond donors (Lipinski definition) is 0. The Labute approximate surface area is 118 Å². The van der Waals surface area contributed by atoms with E-state index in [0.717, 1.165) is 44.2 Å². The van der Waals surface area contributed by atoms with Crippen LogP contribution >= 0.6 is 0 Å². The minimum absolute atomic E-state index is 0.488. The van der Waals surface area contributed by atoms with Gasteiger partial charge in [-0.05, 0) is 31.2 Å². The predicted octanol–water partition coefficient (Wildman–Crippen LogP) is 2.99. The number of benzene rings is 1. The van der Waals surface area contributed by atoms with Crippen LogP contribution in [0.3, 0.4) is 0 Å². The Morgan fingerprint density at radius 2 is 2.05 bits per heavy atom. The highest BCUT2D eigenvalue weighted by Crippen LogP contribution is 2.37. The second kappa shape index (κ2) is 5.99. The summed E-state index contributed by atoms with van der Waals surface area (Å²) in [7, 11) is 0. The van der Waals surface area contributed by atoms with Gasteiger partial charge in [0, 0.05) is 12.5 Å². The summed E-state index contributed by atoms with van der Waals surface area (Å²) in [6.45, 7) is 0.835. The van der Waals surface area contributed by atoms with Crippen molar-refractivity contribution in [2.45, 2.75) is 44.6 Å². The van der Waals surface area contributed by atoms with Crippen molar-refractivity contribution >= 4 is 6.29 Å². The molecule has 1 aliphatic carbocycles. The van der Waals surface area contributed by atoms with Crippen LogP contribution in [0.25, 0.3) is 0 Å². The summed E-state index contributed by atoms with van der Waals surface area (Å²) in [5, 5.41) is 8.16. The van der Waals surface area contributed by atoms with E-state index in [1.165, 1.54) is 12.0 Å². The maximum atomic E-state index is 11.1. The lowest BCUT2D eigenvalue weighted by Crippen LogP contribution is -2.17. The summed E-state index contributed by atoms with van der Waals surface area (Å²) >= 11 is 0. The van der Waals surface area contributed by atoms with Gasteiger partial charge in [-0.15, -0.1) is 5.10 Å².